The van der Waals surface area contributed by atoms with Crippen LogP contribution in [0.25, 0.3) is 5.82 Å². The third-order valence-corrected chi connectivity index (χ3v) is 3.69. The number of halogens is 4. The number of alkyl halides is 3. The zero-order chi connectivity index (χ0) is 19.5. The minimum absolute atomic E-state index is 0.117. The van der Waals surface area contributed by atoms with Gasteiger partial charge in [-0.15, -0.1) is 0 Å². The fourth-order valence-electron chi connectivity index (χ4n) is 2.00. The molecule has 2 N–H and O–H groups in total. The molecule has 0 saturated heterocycles. The van der Waals surface area contributed by atoms with Gasteiger partial charge in [0.1, 0.15) is 11.1 Å². The fraction of sp³-hybridized carbons (Fsp3) is 0.333. The summed E-state index contributed by atoms with van der Waals surface area (Å²) < 4.78 is 38.5. The molecule has 0 fully saturated rings. The van der Waals surface area contributed by atoms with E-state index >= 15 is 0 Å². The van der Waals surface area contributed by atoms with Crippen LogP contribution in [0.1, 0.15) is 19.4 Å². The zero-order valence-electron chi connectivity index (χ0n) is 13.8. The van der Waals surface area contributed by atoms with E-state index in [0.717, 1.165) is 16.8 Å². The second kappa shape index (κ2) is 7.73. The number of aromatic nitrogens is 3. The number of nitrogens with one attached hydrogen (secondary N) is 2. The normalized spacial score (nSPS) is 12.5. The third kappa shape index (κ3) is 4.31. The Morgan fingerprint density at radius 2 is 2.04 bits per heavy atom. The second-order valence-electron chi connectivity index (χ2n) is 5.25. The van der Waals surface area contributed by atoms with E-state index < -0.39 is 23.3 Å². The van der Waals surface area contributed by atoms with Crippen molar-refractivity contribution in [1.29, 1.82) is 0 Å². The average Bonchev–Trinajstić information content (AvgIpc) is 2.58. The highest BCUT2D eigenvalue weighted by Crippen LogP contribution is 2.28. The fourth-order valence-corrected chi connectivity index (χ4v) is 2.19. The quantitative estimate of drug-likeness (QED) is 0.818. The van der Waals surface area contributed by atoms with Gasteiger partial charge in [0.25, 0.3) is 5.56 Å². The van der Waals surface area contributed by atoms with Gasteiger partial charge in [0, 0.05) is 12.7 Å². The van der Waals surface area contributed by atoms with Crippen LogP contribution < -0.4 is 16.2 Å². The number of carbonyl (C=O) groups excluding carboxylic acids is 1. The lowest BCUT2D eigenvalue weighted by Crippen LogP contribution is -2.38. The number of likely N-dealkylation sites (N-methyl/N-ethyl adjacent to an activating group) is 1. The Balaban J connectivity index is 2.29. The number of carbonyl (C=O) groups is 1. The van der Waals surface area contributed by atoms with Crippen LogP contribution in [0.5, 0.6) is 0 Å². The van der Waals surface area contributed by atoms with E-state index in [1.165, 1.54) is 6.20 Å². The number of hydrogen-bond donors (Lipinski definition) is 2. The molecule has 0 saturated carbocycles. The van der Waals surface area contributed by atoms with Crippen LogP contribution in [0.2, 0.25) is 5.02 Å². The summed E-state index contributed by atoms with van der Waals surface area (Å²) in [7, 11) is 0. The topological polar surface area (TPSA) is 88.9 Å². The number of hydrogen-bond acceptors (Lipinski definition) is 5. The molecule has 11 heteroatoms. The van der Waals surface area contributed by atoms with Gasteiger partial charge < -0.3 is 10.6 Å². The van der Waals surface area contributed by atoms with Gasteiger partial charge in [-0.2, -0.15) is 23.0 Å². The Hall–Kier alpha value is -2.62. The van der Waals surface area contributed by atoms with Crippen LogP contribution in [0, 0.1) is 0 Å². The number of anilines is 1. The summed E-state index contributed by atoms with van der Waals surface area (Å²) in [4.78, 5) is 27.6. The summed E-state index contributed by atoms with van der Waals surface area (Å²) in [5, 5.41) is 8.93. The van der Waals surface area contributed by atoms with E-state index in [4.69, 9.17) is 11.6 Å². The smallest absolute Gasteiger partial charge is 0.371 e. The van der Waals surface area contributed by atoms with Gasteiger partial charge in [-0.25, -0.2) is 4.98 Å². The van der Waals surface area contributed by atoms with Crippen molar-refractivity contribution in [2.24, 2.45) is 0 Å². The lowest BCUT2D eigenvalue weighted by molar-refractivity contribution is -0.137. The largest absolute Gasteiger partial charge is 0.417 e. The van der Waals surface area contributed by atoms with Gasteiger partial charge in [-0.1, -0.05) is 11.6 Å². The molecule has 0 aromatic carbocycles. The molecule has 0 aliphatic carbocycles. The van der Waals surface area contributed by atoms with Gasteiger partial charge >= 0.3 is 6.18 Å². The number of pyridine rings is 1. The average molecular weight is 390 g/mol. The van der Waals surface area contributed by atoms with Crippen molar-refractivity contribution in [3.63, 3.8) is 0 Å². The van der Waals surface area contributed by atoms with Crippen LogP contribution in [0.15, 0.2) is 29.3 Å². The number of rotatable bonds is 5. The molecular weight excluding hydrogens is 375 g/mol. The van der Waals surface area contributed by atoms with Crippen LogP contribution in [0.3, 0.4) is 0 Å². The van der Waals surface area contributed by atoms with Crippen molar-refractivity contribution in [2.45, 2.75) is 26.1 Å². The van der Waals surface area contributed by atoms with Crippen LogP contribution in [-0.2, 0) is 11.0 Å². The maximum Gasteiger partial charge on any atom is 0.417 e. The number of amides is 1. The number of nitrogens with zero attached hydrogens (tertiary/aromatic N) is 3. The summed E-state index contributed by atoms with van der Waals surface area (Å²) >= 11 is 6.00. The van der Waals surface area contributed by atoms with E-state index in [2.05, 4.69) is 20.7 Å². The van der Waals surface area contributed by atoms with Crippen molar-refractivity contribution in [3.8, 4) is 5.82 Å². The first kappa shape index (κ1) is 19.7. The van der Waals surface area contributed by atoms with Gasteiger partial charge in [0.15, 0.2) is 5.82 Å². The molecule has 1 unspecified atom stereocenters. The highest BCUT2D eigenvalue weighted by molar-refractivity contribution is 6.33. The monoisotopic (exact) mass is 389 g/mol. The predicted octanol–water partition coefficient (Wildman–Crippen LogP) is 2.24. The summed E-state index contributed by atoms with van der Waals surface area (Å²) in [6.07, 6.45) is -2.75. The summed E-state index contributed by atoms with van der Waals surface area (Å²) in [6.45, 7) is 3.78. The zero-order valence-corrected chi connectivity index (χ0v) is 14.5. The molecule has 0 bridgehead atoms. The van der Waals surface area contributed by atoms with E-state index in [1.807, 2.05) is 0 Å². The lowest BCUT2D eigenvalue weighted by atomic mass is 10.3. The van der Waals surface area contributed by atoms with Gasteiger partial charge in [0.2, 0.25) is 5.91 Å². The highest BCUT2D eigenvalue weighted by Gasteiger charge is 2.30. The highest BCUT2D eigenvalue weighted by atomic mass is 35.5. The Morgan fingerprint density at radius 3 is 2.58 bits per heavy atom. The molecule has 0 spiro atoms. The van der Waals surface area contributed by atoms with E-state index in [-0.39, 0.29) is 22.4 Å². The molecule has 1 atom stereocenters. The van der Waals surface area contributed by atoms with E-state index in [1.54, 1.807) is 13.8 Å². The molecule has 2 aromatic heterocycles. The van der Waals surface area contributed by atoms with Crippen molar-refractivity contribution < 1.29 is 18.0 Å². The minimum Gasteiger partial charge on any atom is -0.371 e. The van der Waals surface area contributed by atoms with Crippen LogP contribution in [0.4, 0.5) is 18.9 Å². The predicted molar refractivity (Wildman–Crippen MR) is 89.4 cm³/mol. The van der Waals surface area contributed by atoms with Crippen LogP contribution in [-0.4, -0.2) is 33.3 Å². The molecule has 0 aliphatic rings. The first-order chi connectivity index (χ1) is 12.1. The molecule has 0 aliphatic heterocycles. The van der Waals surface area contributed by atoms with Crippen molar-refractivity contribution >= 4 is 23.2 Å². The van der Waals surface area contributed by atoms with Gasteiger partial charge in [0.05, 0.1) is 17.4 Å². The molecule has 1 amide bonds. The standard InChI is InChI=1S/C15H15ClF3N5O2/c1-3-20-13(25)8(2)23-10-7-22-24(14(26)12(10)16)11-5-4-9(6-21-11)15(17,18)19/h4-8,23H,3H2,1-2H3,(H,20,25). The molecule has 26 heavy (non-hydrogen) atoms. The third-order valence-electron chi connectivity index (χ3n) is 3.33. The molecule has 2 heterocycles. The Morgan fingerprint density at radius 1 is 1.35 bits per heavy atom. The van der Waals surface area contributed by atoms with Crippen molar-refractivity contribution in [1.82, 2.24) is 20.1 Å². The Bertz CT molecular complexity index is 852. The Labute approximate surface area is 151 Å². The van der Waals surface area contributed by atoms with E-state index in [9.17, 15) is 22.8 Å². The second-order valence-corrected chi connectivity index (χ2v) is 5.63. The first-order valence-corrected chi connectivity index (χ1v) is 7.88. The maximum absolute atomic E-state index is 12.6. The Kier molecular flexibility index (Phi) is 5.86. The van der Waals surface area contributed by atoms with Gasteiger partial charge in [-0.05, 0) is 26.0 Å². The van der Waals surface area contributed by atoms with Gasteiger partial charge in [-0.3, -0.25) is 9.59 Å². The first-order valence-electron chi connectivity index (χ1n) is 7.50. The summed E-state index contributed by atoms with van der Waals surface area (Å²) in [5.74, 6) is -0.412. The SMILES string of the molecule is CCNC(=O)C(C)Nc1cnn(-c2ccc(C(F)(F)F)cn2)c(=O)c1Cl. The minimum atomic E-state index is -4.54. The molecule has 2 rings (SSSR count). The molecule has 7 nitrogen and oxygen atoms in total. The van der Waals surface area contributed by atoms with Crippen molar-refractivity contribution in [3.05, 3.63) is 45.5 Å². The lowest BCUT2D eigenvalue weighted by Gasteiger charge is -2.15. The maximum atomic E-state index is 12.6. The summed E-state index contributed by atoms with van der Waals surface area (Å²) in [6, 6.07) is 1.12. The molecule has 2 aromatic rings. The summed E-state index contributed by atoms with van der Waals surface area (Å²) in [5.41, 5.74) is -1.61. The molecular formula is C15H15ClF3N5O2. The molecule has 140 valence electrons. The van der Waals surface area contributed by atoms with E-state index in [0.29, 0.717) is 12.7 Å². The van der Waals surface area contributed by atoms with Crippen molar-refractivity contribution in [2.75, 3.05) is 11.9 Å². The molecule has 0 radical (unpaired) electrons. The van der Waals surface area contributed by atoms with Crippen LogP contribution >= 0.6 is 11.6 Å².